The zero-order valence-corrected chi connectivity index (χ0v) is 27.5. The van der Waals surface area contributed by atoms with Gasteiger partial charge in [0, 0.05) is 38.6 Å². The summed E-state index contributed by atoms with van der Waals surface area (Å²) in [4.78, 5) is 42.4. The van der Waals surface area contributed by atoms with E-state index in [4.69, 9.17) is 14.2 Å². The fourth-order valence-electron chi connectivity index (χ4n) is 6.00. The minimum atomic E-state index is -0.847. The smallest absolute Gasteiger partial charge is 0.410 e. The predicted octanol–water partition coefficient (Wildman–Crippen LogP) is 6.35. The summed E-state index contributed by atoms with van der Waals surface area (Å²) in [7, 11) is 0. The fourth-order valence-corrected chi connectivity index (χ4v) is 6.00. The molecule has 1 atom stereocenters. The molecule has 1 saturated heterocycles. The fraction of sp³-hybridized carbons (Fsp3) is 0.432. The molecule has 2 amide bonds. The summed E-state index contributed by atoms with van der Waals surface area (Å²) in [6, 6.07) is 23.4. The van der Waals surface area contributed by atoms with Crippen molar-refractivity contribution in [3.8, 4) is 11.1 Å². The molecular formula is C37H45N3O6. The highest BCUT2D eigenvalue weighted by Crippen LogP contribution is 2.44. The van der Waals surface area contributed by atoms with Crippen LogP contribution in [0.25, 0.3) is 11.1 Å². The van der Waals surface area contributed by atoms with Crippen LogP contribution in [0.5, 0.6) is 0 Å². The van der Waals surface area contributed by atoms with Crippen molar-refractivity contribution in [3.05, 3.63) is 95.1 Å². The van der Waals surface area contributed by atoms with Crippen LogP contribution in [-0.4, -0.2) is 72.4 Å². The second-order valence-corrected chi connectivity index (χ2v) is 13.4. The first-order chi connectivity index (χ1) is 22.0. The first kappa shape index (κ1) is 33.0. The van der Waals surface area contributed by atoms with Crippen LogP contribution in [-0.2, 0) is 32.2 Å². The number of amides is 2. The third kappa shape index (κ3) is 8.26. The molecule has 46 heavy (non-hydrogen) atoms. The Labute approximate surface area is 271 Å². The molecular weight excluding hydrogens is 582 g/mol. The van der Waals surface area contributed by atoms with Crippen molar-refractivity contribution in [3.63, 3.8) is 0 Å². The Bertz CT molecular complexity index is 1490. The number of piperazine rings is 1. The van der Waals surface area contributed by atoms with Gasteiger partial charge in [-0.25, -0.2) is 14.4 Å². The molecule has 0 radical (unpaired) electrons. The lowest BCUT2D eigenvalue weighted by Crippen LogP contribution is -2.49. The van der Waals surface area contributed by atoms with E-state index in [1.165, 1.54) is 0 Å². The molecule has 0 unspecified atom stereocenters. The summed E-state index contributed by atoms with van der Waals surface area (Å²) in [6.45, 7) is 13.0. The number of carbonyl (C=O) groups is 3. The Morgan fingerprint density at radius 3 is 2.04 bits per heavy atom. The Morgan fingerprint density at radius 1 is 0.826 bits per heavy atom. The van der Waals surface area contributed by atoms with Crippen LogP contribution in [0.3, 0.4) is 0 Å². The number of rotatable bonds is 9. The van der Waals surface area contributed by atoms with Gasteiger partial charge in [-0.1, -0.05) is 86.6 Å². The standard InChI is InChI=1S/C37H45N3O6/c1-25(2)33(38-35(42)45-24-32-30-15-8-6-13-28(30)29-14-7-9-16-31(29)32)34(41)44-23-27-12-10-11-26(21-27)22-39-17-19-40(20-18-39)36(43)46-37(3,4)5/h6-16,21,25,32-33H,17-20,22-24H2,1-5H3,(H,38,42)/t33-/m0/s1. The van der Waals surface area contributed by atoms with E-state index in [0.29, 0.717) is 13.1 Å². The molecule has 0 bridgehead atoms. The zero-order valence-electron chi connectivity index (χ0n) is 27.5. The molecule has 1 N–H and O–H groups in total. The Hall–Kier alpha value is -4.37. The Morgan fingerprint density at radius 2 is 1.43 bits per heavy atom. The lowest BCUT2D eigenvalue weighted by molar-refractivity contribution is -0.148. The lowest BCUT2D eigenvalue weighted by atomic mass is 9.98. The molecule has 244 valence electrons. The molecule has 0 saturated carbocycles. The van der Waals surface area contributed by atoms with Crippen molar-refractivity contribution in [2.75, 3.05) is 32.8 Å². The summed E-state index contributed by atoms with van der Waals surface area (Å²) in [5.74, 6) is -0.769. The van der Waals surface area contributed by atoms with Gasteiger partial charge in [0.15, 0.2) is 0 Å². The van der Waals surface area contributed by atoms with Crippen LogP contribution < -0.4 is 5.32 Å². The number of ether oxygens (including phenoxy) is 3. The highest BCUT2D eigenvalue weighted by molar-refractivity contribution is 5.82. The van der Waals surface area contributed by atoms with Gasteiger partial charge in [-0.3, -0.25) is 4.90 Å². The molecule has 1 aliphatic carbocycles. The van der Waals surface area contributed by atoms with Gasteiger partial charge in [0.2, 0.25) is 0 Å². The topological polar surface area (TPSA) is 97.4 Å². The molecule has 1 fully saturated rings. The van der Waals surface area contributed by atoms with Crippen LogP contribution in [0.15, 0.2) is 72.8 Å². The normalized spacial score (nSPS) is 15.6. The lowest BCUT2D eigenvalue weighted by Gasteiger charge is -2.35. The van der Waals surface area contributed by atoms with Crippen molar-refractivity contribution in [1.82, 2.24) is 15.1 Å². The van der Waals surface area contributed by atoms with E-state index >= 15 is 0 Å². The average molecular weight is 628 g/mol. The number of carbonyl (C=O) groups excluding carboxylic acids is 3. The number of alkyl carbamates (subject to hydrolysis) is 1. The molecule has 0 spiro atoms. The third-order valence-corrected chi connectivity index (χ3v) is 8.34. The summed E-state index contributed by atoms with van der Waals surface area (Å²) in [6.07, 6.45) is -0.921. The zero-order chi connectivity index (χ0) is 32.8. The highest BCUT2D eigenvalue weighted by Gasteiger charge is 2.31. The maximum Gasteiger partial charge on any atom is 0.410 e. The minimum Gasteiger partial charge on any atom is -0.459 e. The highest BCUT2D eigenvalue weighted by atomic mass is 16.6. The summed E-state index contributed by atoms with van der Waals surface area (Å²) < 4.78 is 16.8. The number of fused-ring (bicyclic) bond motifs is 3. The SMILES string of the molecule is CC(C)[C@H](NC(=O)OCC1c2ccccc2-c2ccccc21)C(=O)OCc1cccc(CN2CCN(C(=O)OC(C)(C)C)CC2)c1. The molecule has 1 aliphatic heterocycles. The van der Waals surface area contributed by atoms with Crippen molar-refractivity contribution >= 4 is 18.2 Å². The second-order valence-electron chi connectivity index (χ2n) is 13.4. The van der Waals surface area contributed by atoms with E-state index in [1.807, 2.05) is 83.1 Å². The van der Waals surface area contributed by atoms with Gasteiger partial charge >= 0.3 is 18.2 Å². The molecule has 9 heteroatoms. The van der Waals surface area contributed by atoms with Crippen molar-refractivity contribution < 1.29 is 28.6 Å². The first-order valence-corrected chi connectivity index (χ1v) is 16.0. The van der Waals surface area contributed by atoms with Gasteiger partial charge in [0.25, 0.3) is 0 Å². The van der Waals surface area contributed by atoms with Crippen molar-refractivity contribution in [2.24, 2.45) is 5.92 Å². The van der Waals surface area contributed by atoms with Crippen LogP contribution >= 0.6 is 0 Å². The van der Waals surface area contributed by atoms with E-state index in [9.17, 15) is 14.4 Å². The molecule has 5 rings (SSSR count). The number of esters is 1. The number of hydrogen-bond acceptors (Lipinski definition) is 7. The van der Waals surface area contributed by atoms with Gasteiger partial charge in [-0.05, 0) is 60.1 Å². The van der Waals surface area contributed by atoms with Gasteiger partial charge in [0.1, 0.15) is 24.9 Å². The summed E-state index contributed by atoms with van der Waals surface area (Å²) >= 11 is 0. The van der Waals surface area contributed by atoms with E-state index < -0.39 is 23.7 Å². The summed E-state index contributed by atoms with van der Waals surface area (Å²) in [5, 5.41) is 2.73. The van der Waals surface area contributed by atoms with Gasteiger partial charge < -0.3 is 24.4 Å². The van der Waals surface area contributed by atoms with E-state index in [1.54, 1.807) is 4.90 Å². The molecule has 0 aromatic heterocycles. The van der Waals surface area contributed by atoms with Crippen LogP contribution in [0, 0.1) is 5.92 Å². The number of nitrogens with one attached hydrogen (secondary N) is 1. The Kier molecular flexibility index (Phi) is 10.3. The number of nitrogens with zero attached hydrogens (tertiary/aromatic N) is 2. The number of benzene rings is 3. The van der Waals surface area contributed by atoms with Gasteiger partial charge in [-0.2, -0.15) is 0 Å². The quantitative estimate of drug-likeness (QED) is 0.218. The average Bonchev–Trinajstić information content (AvgIpc) is 3.34. The molecule has 2 aliphatic rings. The van der Waals surface area contributed by atoms with Crippen LogP contribution in [0.1, 0.15) is 62.8 Å². The van der Waals surface area contributed by atoms with E-state index in [0.717, 1.165) is 53.0 Å². The second kappa shape index (κ2) is 14.4. The summed E-state index contributed by atoms with van der Waals surface area (Å²) in [5.41, 5.74) is 6.01. The molecule has 9 nitrogen and oxygen atoms in total. The maximum atomic E-state index is 13.1. The Balaban J connectivity index is 1.10. The van der Waals surface area contributed by atoms with Crippen molar-refractivity contribution in [2.45, 2.75) is 65.3 Å². The molecule has 1 heterocycles. The van der Waals surface area contributed by atoms with E-state index in [-0.39, 0.29) is 31.1 Å². The first-order valence-electron chi connectivity index (χ1n) is 16.0. The maximum absolute atomic E-state index is 13.1. The minimum absolute atomic E-state index is 0.0660. The van der Waals surface area contributed by atoms with Crippen LogP contribution in [0.2, 0.25) is 0 Å². The molecule has 3 aromatic carbocycles. The predicted molar refractivity (Wildman–Crippen MR) is 176 cm³/mol. The van der Waals surface area contributed by atoms with E-state index in [2.05, 4.69) is 34.5 Å². The van der Waals surface area contributed by atoms with Crippen molar-refractivity contribution in [1.29, 1.82) is 0 Å². The largest absolute Gasteiger partial charge is 0.459 e. The van der Waals surface area contributed by atoms with Gasteiger partial charge in [0.05, 0.1) is 0 Å². The number of hydrogen-bond donors (Lipinski definition) is 1. The third-order valence-electron chi connectivity index (χ3n) is 8.34. The monoisotopic (exact) mass is 627 g/mol. The van der Waals surface area contributed by atoms with Gasteiger partial charge in [-0.15, -0.1) is 0 Å². The molecule has 3 aromatic rings. The van der Waals surface area contributed by atoms with Crippen LogP contribution in [0.4, 0.5) is 9.59 Å².